The predicted octanol–water partition coefficient (Wildman–Crippen LogP) is 3.26. The van der Waals surface area contributed by atoms with Crippen LogP contribution >= 0.6 is 11.3 Å². The minimum Gasteiger partial charge on any atom is -0.378 e. The van der Waals surface area contributed by atoms with Crippen LogP contribution in [0.5, 0.6) is 0 Å². The molecular weight excluding hydrogens is 494 g/mol. The van der Waals surface area contributed by atoms with Gasteiger partial charge in [-0.05, 0) is 26.0 Å². The highest BCUT2D eigenvalue weighted by Crippen LogP contribution is 2.35. The number of ether oxygens (including phenoxy) is 1. The van der Waals surface area contributed by atoms with Gasteiger partial charge in [-0.2, -0.15) is 5.10 Å². The highest BCUT2D eigenvalue weighted by molar-refractivity contribution is 7.83. The molecule has 11 heteroatoms. The minimum absolute atomic E-state index is 0.165. The molecule has 2 fully saturated rings. The molecule has 0 aliphatic carbocycles. The fourth-order valence-corrected chi connectivity index (χ4v) is 7.10. The Kier molecular flexibility index (Phi) is 6.74. The number of piperazine rings is 1. The Bertz CT molecular complexity index is 1390. The molecule has 2 aliphatic rings. The number of benzene rings is 1. The summed E-state index contributed by atoms with van der Waals surface area (Å²) in [6.45, 7) is 11.5. The van der Waals surface area contributed by atoms with Crippen molar-refractivity contribution in [2.45, 2.75) is 25.6 Å². The molecule has 0 saturated carbocycles. The fraction of sp³-hybridized carbons (Fsp3) is 0.480. The van der Waals surface area contributed by atoms with Gasteiger partial charge < -0.3 is 9.64 Å². The number of fused-ring (bicyclic) bond motifs is 2. The van der Waals surface area contributed by atoms with Crippen LogP contribution < -0.4 is 4.90 Å². The summed E-state index contributed by atoms with van der Waals surface area (Å²) in [5.41, 5.74) is 1.97. The van der Waals surface area contributed by atoms with E-state index >= 15 is 0 Å². The maximum Gasteiger partial charge on any atom is 0.163 e. The second-order valence-electron chi connectivity index (χ2n) is 9.57. The summed E-state index contributed by atoms with van der Waals surface area (Å²) in [6.07, 6.45) is 1.85. The number of thiophene rings is 1. The lowest BCUT2D eigenvalue weighted by Gasteiger charge is -2.34. The molecule has 4 aromatic rings. The monoisotopic (exact) mass is 525 g/mol. The van der Waals surface area contributed by atoms with E-state index in [1.807, 2.05) is 32.2 Å². The molecule has 2 aliphatic heterocycles. The average molecular weight is 526 g/mol. The van der Waals surface area contributed by atoms with E-state index in [1.54, 1.807) is 11.3 Å². The highest BCUT2D eigenvalue weighted by Gasteiger charge is 2.25. The number of aromatic amines is 1. The first-order valence-corrected chi connectivity index (χ1v) is 14.5. The summed E-state index contributed by atoms with van der Waals surface area (Å²) < 4.78 is 20.2. The summed E-state index contributed by atoms with van der Waals surface area (Å²) >= 11 is 1.75. The van der Waals surface area contributed by atoms with Gasteiger partial charge in [-0.25, -0.2) is 18.5 Å². The maximum atomic E-state index is 12.5. The van der Waals surface area contributed by atoms with E-state index in [-0.39, 0.29) is 5.25 Å². The standard InChI is InChI=1S/C25H31N7O2S2/c1-17(2)36(33)32-8-6-30(7-9-32)16-18-14-20-24(31-10-12-34-13-11-31)27-23(28-25(20)35-18)19-4-3-5-22-21(19)15-26-29-22/h3-5,14-15,17H,6-13,16H2,1-2H3,(H,26,29). The number of anilines is 1. The van der Waals surface area contributed by atoms with Gasteiger partial charge in [-0.1, -0.05) is 12.1 Å². The van der Waals surface area contributed by atoms with Crippen molar-refractivity contribution in [2.24, 2.45) is 0 Å². The zero-order valence-electron chi connectivity index (χ0n) is 20.6. The smallest absolute Gasteiger partial charge is 0.163 e. The van der Waals surface area contributed by atoms with Crippen LogP contribution in [-0.4, -0.2) is 91.3 Å². The normalized spacial score (nSPS) is 19.0. The van der Waals surface area contributed by atoms with Crippen molar-refractivity contribution < 1.29 is 8.95 Å². The minimum atomic E-state index is -0.898. The van der Waals surface area contributed by atoms with Crippen molar-refractivity contribution in [3.8, 4) is 11.4 Å². The zero-order valence-corrected chi connectivity index (χ0v) is 22.3. The van der Waals surface area contributed by atoms with Crippen LogP contribution in [0.15, 0.2) is 30.5 Å². The molecule has 0 amide bonds. The van der Waals surface area contributed by atoms with E-state index in [1.165, 1.54) is 4.88 Å². The Morgan fingerprint density at radius 1 is 1.08 bits per heavy atom. The summed E-state index contributed by atoms with van der Waals surface area (Å²) in [5, 5.41) is 9.58. The Morgan fingerprint density at radius 3 is 2.67 bits per heavy atom. The van der Waals surface area contributed by atoms with E-state index in [0.29, 0.717) is 13.2 Å². The summed E-state index contributed by atoms with van der Waals surface area (Å²) in [4.78, 5) is 17.2. The first-order valence-electron chi connectivity index (χ1n) is 12.5. The molecule has 1 atom stereocenters. The third kappa shape index (κ3) is 4.66. The number of rotatable bonds is 6. The van der Waals surface area contributed by atoms with Gasteiger partial charge in [0.25, 0.3) is 0 Å². The quantitative estimate of drug-likeness (QED) is 0.413. The number of H-pyrrole nitrogens is 1. The molecule has 0 radical (unpaired) electrons. The van der Waals surface area contributed by atoms with Gasteiger partial charge in [0.15, 0.2) is 5.82 Å². The zero-order chi connectivity index (χ0) is 24.6. The topological polar surface area (TPSA) is 90.5 Å². The molecule has 5 heterocycles. The first kappa shape index (κ1) is 23.9. The van der Waals surface area contributed by atoms with Gasteiger partial charge in [0.1, 0.15) is 10.6 Å². The van der Waals surface area contributed by atoms with Gasteiger partial charge in [0.2, 0.25) is 0 Å². The molecule has 9 nitrogen and oxygen atoms in total. The van der Waals surface area contributed by atoms with Crippen molar-refractivity contribution in [3.63, 3.8) is 0 Å². The van der Waals surface area contributed by atoms with Crippen molar-refractivity contribution in [2.75, 3.05) is 57.4 Å². The second kappa shape index (κ2) is 10.1. The lowest BCUT2D eigenvalue weighted by molar-refractivity contribution is 0.122. The SMILES string of the molecule is CC(C)S(=O)N1CCN(Cc2cc3c(N4CCOCC4)nc(-c4cccc5[nH]ncc45)nc3s2)CC1. The molecule has 190 valence electrons. The number of nitrogens with zero attached hydrogens (tertiary/aromatic N) is 6. The molecule has 1 unspecified atom stereocenters. The molecule has 1 aromatic carbocycles. The van der Waals surface area contributed by atoms with Gasteiger partial charge >= 0.3 is 0 Å². The Balaban J connectivity index is 1.32. The van der Waals surface area contributed by atoms with Crippen molar-refractivity contribution in [1.82, 2.24) is 29.4 Å². The Labute approximate surface area is 217 Å². The van der Waals surface area contributed by atoms with E-state index in [9.17, 15) is 4.21 Å². The Morgan fingerprint density at radius 2 is 1.89 bits per heavy atom. The van der Waals surface area contributed by atoms with Crippen LogP contribution in [0.1, 0.15) is 18.7 Å². The van der Waals surface area contributed by atoms with Crippen LogP contribution in [-0.2, 0) is 22.3 Å². The third-order valence-electron chi connectivity index (χ3n) is 6.83. The molecule has 6 rings (SSSR count). The molecule has 0 spiro atoms. The maximum absolute atomic E-state index is 12.5. The number of morpholine rings is 1. The van der Waals surface area contributed by atoms with Crippen molar-refractivity contribution in [1.29, 1.82) is 0 Å². The van der Waals surface area contributed by atoms with Crippen LogP contribution in [0.25, 0.3) is 32.5 Å². The molecule has 0 bridgehead atoms. The van der Waals surface area contributed by atoms with Crippen LogP contribution in [0.3, 0.4) is 0 Å². The summed E-state index contributed by atoms with van der Waals surface area (Å²) in [5.74, 6) is 1.72. The molecular formula is C25H31N7O2S2. The Hall–Kier alpha value is -2.44. The highest BCUT2D eigenvalue weighted by atomic mass is 32.2. The van der Waals surface area contributed by atoms with Gasteiger partial charge in [-0.15, -0.1) is 11.3 Å². The first-order chi connectivity index (χ1) is 17.6. The van der Waals surface area contributed by atoms with E-state index in [2.05, 4.69) is 36.4 Å². The van der Waals surface area contributed by atoms with Gasteiger partial charge in [0.05, 0.1) is 41.3 Å². The molecule has 1 N–H and O–H groups in total. The van der Waals surface area contributed by atoms with Gasteiger partial charge in [-0.3, -0.25) is 10.00 Å². The lowest BCUT2D eigenvalue weighted by Crippen LogP contribution is -2.47. The van der Waals surface area contributed by atoms with Crippen molar-refractivity contribution >= 4 is 49.3 Å². The number of nitrogens with one attached hydrogen (secondary N) is 1. The van der Waals surface area contributed by atoms with E-state index < -0.39 is 11.0 Å². The number of hydrogen-bond donors (Lipinski definition) is 1. The number of aromatic nitrogens is 4. The largest absolute Gasteiger partial charge is 0.378 e. The second-order valence-corrected chi connectivity index (χ2v) is 12.7. The van der Waals surface area contributed by atoms with E-state index in [0.717, 1.165) is 84.1 Å². The number of hydrogen-bond acceptors (Lipinski definition) is 8. The van der Waals surface area contributed by atoms with E-state index in [4.69, 9.17) is 14.7 Å². The molecule has 3 aromatic heterocycles. The third-order valence-corrected chi connectivity index (χ3v) is 9.52. The lowest BCUT2D eigenvalue weighted by atomic mass is 10.1. The molecule has 2 saturated heterocycles. The fourth-order valence-electron chi connectivity index (χ4n) is 4.92. The van der Waals surface area contributed by atoms with Gasteiger partial charge in [0, 0.05) is 66.9 Å². The van der Waals surface area contributed by atoms with Crippen LogP contribution in [0, 0.1) is 0 Å². The average Bonchev–Trinajstić information content (AvgIpc) is 3.55. The van der Waals surface area contributed by atoms with Crippen LogP contribution in [0.4, 0.5) is 5.82 Å². The summed E-state index contributed by atoms with van der Waals surface area (Å²) in [6, 6.07) is 8.37. The van der Waals surface area contributed by atoms with Crippen LogP contribution in [0.2, 0.25) is 0 Å². The summed E-state index contributed by atoms with van der Waals surface area (Å²) in [7, 11) is -0.898. The predicted molar refractivity (Wildman–Crippen MR) is 146 cm³/mol. The molecule has 36 heavy (non-hydrogen) atoms. The van der Waals surface area contributed by atoms with Crippen molar-refractivity contribution in [3.05, 3.63) is 35.3 Å².